The van der Waals surface area contributed by atoms with E-state index in [4.69, 9.17) is 13.9 Å². The Balaban J connectivity index is 1.73. The molecule has 146 valence electrons. The lowest BCUT2D eigenvalue weighted by Gasteiger charge is -2.16. The van der Waals surface area contributed by atoms with Crippen molar-refractivity contribution in [2.24, 2.45) is 0 Å². The minimum atomic E-state index is -0.178. The highest BCUT2D eigenvalue weighted by molar-refractivity contribution is 5.94. The smallest absolute Gasteiger partial charge is 0.251 e. The average molecular weight is 379 g/mol. The first-order valence-corrected chi connectivity index (χ1v) is 9.27. The van der Waals surface area contributed by atoms with Crippen molar-refractivity contribution in [3.05, 3.63) is 83.3 Å². The number of nitrogens with one attached hydrogen (secondary N) is 1. The summed E-state index contributed by atoms with van der Waals surface area (Å²) >= 11 is 0. The lowest BCUT2D eigenvalue weighted by atomic mass is 10.0. The van der Waals surface area contributed by atoms with Crippen molar-refractivity contribution in [3.63, 3.8) is 0 Å². The maximum Gasteiger partial charge on any atom is 0.251 e. The molecule has 1 heterocycles. The highest BCUT2D eigenvalue weighted by atomic mass is 16.5. The van der Waals surface area contributed by atoms with Crippen molar-refractivity contribution < 1.29 is 18.7 Å². The summed E-state index contributed by atoms with van der Waals surface area (Å²) < 4.78 is 16.7. The highest BCUT2D eigenvalue weighted by Crippen LogP contribution is 2.28. The van der Waals surface area contributed by atoms with E-state index < -0.39 is 0 Å². The molecule has 0 atom stereocenters. The highest BCUT2D eigenvalue weighted by Gasteiger charge is 2.13. The standard InChI is InChI=1S/C23H25NO4/c1-16(2)20-8-4-5-9-22(20)28-15-18-13-17(10-11-21(18)26-3)23(25)24-14-19-7-6-12-27-19/h4-13,16H,14-15H2,1-3H3,(H,24,25). The van der Waals surface area contributed by atoms with Crippen molar-refractivity contribution in [2.75, 3.05) is 7.11 Å². The number of methoxy groups -OCH3 is 1. The van der Waals surface area contributed by atoms with Crippen molar-refractivity contribution in [2.45, 2.75) is 32.9 Å². The maximum atomic E-state index is 12.5. The van der Waals surface area contributed by atoms with E-state index in [1.807, 2.05) is 24.3 Å². The van der Waals surface area contributed by atoms with Gasteiger partial charge in [0.1, 0.15) is 23.9 Å². The van der Waals surface area contributed by atoms with E-state index in [0.29, 0.717) is 36.1 Å². The molecule has 5 nitrogen and oxygen atoms in total. The quantitative estimate of drug-likeness (QED) is 0.603. The van der Waals surface area contributed by atoms with Gasteiger partial charge in [-0.1, -0.05) is 32.0 Å². The Morgan fingerprint density at radius 3 is 2.61 bits per heavy atom. The number of hydrogen-bond acceptors (Lipinski definition) is 4. The number of benzene rings is 2. The molecule has 5 heteroatoms. The Morgan fingerprint density at radius 2 is 1.89 bits per heavy atom. The zero-order chi connectivity index (χ0) is 19.9. The number of furan rings is 1. The predicted octanol–water partition coefficient (Wildman–Crippen LogP) is 4.92. The normalized spacial score (nSPS) is 10.7. The monoisotopic (exact) mass is 379 g/mol. The second-order valence-corrected chi connectivity index (χ2v) is 6.77. The van der Waals surface area contributed by atoms with E-state index in [1.54, 1.807) is 37.6 Å². The summed E-state index contributed by atoms with van der Waals surface area (Å²) in [5.74, 6) is 2.41. The summed E-state index contributed by atoms with van der Waals surface area (Å²) in [7, 11) is 1.61. The average Bonchev–Trinajstić information content (AvgIpc) is 3.24. The largest absolute Gasteiger partial charge is 0.496 e. The SMILES string of the molecule is COc1ccc(C(=O)NCc2ccco2)cc1COc1ccccc1C(C)C. The van der Waals surface area contributed by atoms with Gasteiger partial charge in [0.2, 0.25) is 0 Å². The number of carbonyl (C=O) groups excluding carboxylic acids is 1. The van der Waals surface area contributed by atoms with Gasteiger partial charge in [-0.3, -0.25) is 4.79 Å². The number of carbonyl (C=O) groups is 1. The van der Waals surface area contributed by atoms with Gasteiger partial charge in [-0.2, -0.15) is 0 Å². The van der Waals surface area contributed by atoms with Crippen molar-refractivity contribution in [1.29, 1.82) is 0 Å². The number of hydrogen-bond donors (Lipinski definition) is 1. The summed E-state index contributed by atoms with van der Waals surface area (Å²) in [6.45, 7) is 4.91. The van der Waals surface area contributed by atoms with Gasteiger partial charge < -0.3 is 19.2 Å². The molecular weight excluding hydrogens is 354 g/mol. The number of para-hydroxylation sites is 1. The van der Waals surface area contributed by atoms with Gasteiger partial charge >= 0.3 is 0 Å². The summed E-state index contributed by atoms with van der Waals surface area (Å²) in [6, 6.07) is 16.9. The minimum Gasteiger partial charge on any atom is -0.496 e. The molecule has 1 N–H and O–H groups in total. The van der Waals surface area contributed by atoms with E-state index in [9.17, 15) is 4.79 Å². The van der Waals surface area contributed by atoms with Gasteiger partial charge in [0.25, 0.3) is 5.91 Å². The first kappa shape index (κ1) is 19.5. The van der Waals surface area contributed by atoms with Crippen LogP contribution in [0.4, 0.5) is 0 Å². The number of rotatable bonds is 8. The predicted molar refractivity (Wildman–Crippen MR) is 108 cm³/mol. The molecule has 2 aromatic carbocycles. The Morgan fingerprint density at radius 1 is 1.07 bits per heavy atom. The molecule has 0 aliphatic carbocycles. The molecule has 1 aromatic heterocycles. The molecule has 0 fully saturated rings. The molecule has 0 aliphatic heterocycles. The summed E-state index contributed by atoms with van der Waals surface area (Å²) in [5.41, 5.74) is 2.50. The molecule has 0 saturated heterocycles. The fraction of sp³-hybridized carbons (Fsp3) is 0.261. The van der Waals surface area contributed by atoms with E-state index >= 15 is 0 Å². The Kier molecular flexibility index (Phi) is 6.37. The van der Waals surface area contributed by atoms with Crippen LogP contribution in [0.3, 0.4) is 0 Å². The summed E-state index contributed by atoms with van der Waals surface area (Å²) in [4.78, 5) is 12.5. The van der Waals surface area contributed by atoms with Crippen LogP contribution in [0.5, 0.6) is 11.5 Å². The van der Waals surface area contributed by atoms with E-state index in [-0.39, 0.29) is 5.91 Å². The molecule has 0 bridgehead atoms. The Hall–Kier alpha value is -3.21. The van der Waals surface area contributed by atoms with Gasteiger partial charge in [0, 0.05) is 11.1 Å². The minimum absolute atomic E-state index is 0.178. The third-order valence-electron chi connectivity index (χ3n) is 4.47. The molecule has 0 saturated carbocycles. The fourth-order valence-corrected chi connectivity index (χ4v) is 2.96. The second-order valence-electron chi connectivity index (χ2n) is 6.77. The molecule has 0 spiro atoms. The van der Waals surface area contributed by atoms with E-state index in [1.165, 1.54) is 0 Å². The van der Waals surface area contributed by atoms with Crippen LogP contribution < -0.4 is 14.8 Å². The summed E-state index contributed by atoms with van der Waals surface area (Å²) in [5, 5.41) is 2.85. The topological polar surface area (TPSA) is 60.7 Å². The first-order valence-electron chi connectivity index (χ1n) is 9.27. The van der Waals surface area contributed by atoms with Crippen LogP contribution in [0.15, 0.2) is 65.3 Å². The van der Waals surface area contributed by atoms with Gasteiger partial charge in [-0.15, -0.1) is 0 Å². The Labute approximate surface area is 165 Å². The van der Waals surface area contributed by atoms with Crippen LogP contribution in [-0.4, -0.2) is 13.0 Å². The molecule has 3 rings (SSSR count). The second kappa shape index (κ2) is 9.13. The fourth-order valence-electron chi connectivity index (χ4n) is 2.96. The molecule has 3 aromatic rings. The van der Waals surface area contributed by atoms with E-state index in [2.05, 4.69) is 25.2 Å². The molecule has 28 heavy (non-hydrogen) atoms. The molecule has 1 amide bonds. The number of amides is 1. The van der Waals surface area contributed by atoms with Gasteiger partial charge in [-0.05, 0) is 47.9 Å². The maximum absolute atomic E-state index is 12.5. The van der Waals surface area contributed by atoms with Crippen LogP contribution in [0.25, 0.3) is 0 Å². The van der Waals surface area contributed by atoms with Crippen LogP contribution in [-0.2, 0) is 13.2 Å². The van der Waals surface area contributed by atoms with Gasteiger partial charge in [0.15, 0.2) is 0 Å². The first-order chi connectivity index (χ1) is 13.6. The van der Waals surface area contributed by atoms with E-state index in [0.717, 1.165) is 16.9 Å². The summed E-state index contributed by atoms with van der Waals surface area (Å²) in [6.07, 6.45) is 1.58. The van der Waals surface area contributed by atoms with Crippen LogP contribution in [0, 0.1) is 0 Å². The van der Waals surface area contributed by atoms with Crippen molar-refractivity contribution in [3.8, 4) is 11.5 Å². The third kappa shape index (κ3) is 4.74. The zero-order valence-corrected chi connectivity index (χ0v) is 16.4. The van der Waals surface area contributed by atoms with Crippen LogP contribution >= 0.6 is 0 Å². The lowest BCUT2D eigenvalue weighted by molar-refractivity contribution is 0.0948. The van der Waals surface area contributed by atoms with Gasteiger partial charge in [-0.25, -0.2) is 0 Å². The van der Waals surface area contributed by atoms with Gasteiger partial charge in [0.05, 0.1) is 19.9 Å². The van der Waals surface area contributed by atoms with Crippen molar-refractivity contribution >= 4 is 5.91 Å². The lowest BCUT2D eigenvalue weighted by Crippen LogP contribution is -2.22. The Bertz CT molecular complexity index is 916. The van der Waals surface area contributed by atoms with Crippen LogP contribution in [0.2, 0.25) is 0 Å². The molecule has 0 radical (unpaired) electrons. The molecular formula is C23H25NO4. The van der Waals surface area contributed by atoms with Crippen molar-refractivity contribution in [1.82, 2.24) is 5.32 Å². The molecule has 0 aliphatic rings. The van der Waals surface area contributed by atoms with Crippen LogP contribution in [0.1, 0.15) is 47.0 Å². The zero-order valence-electron chi connectivity index (χ0n) is 16.4. The third-order valence-corrected chi connectivity index (χ3v) is 4.47. The number of ether oxygens (including phenoxy) is 2. The molecule has 0 unspecified atom stereocenters.